The highest BCUT2D eigenvalue weighted by molar-refractivity contribution is 5.11. The highest BCUT2D eigenvalue weighted by Gasteiger charge is 2.48. The summed E-state index contributed by atoms with van der Waals surface area (Å²) < 4.78 is 0. The van der Waals surface area contributed by atoms with Gasteiger partial charge in [-0.05, 0) is 25.7 Å². The van der Waals surface area contributed by atoms with Crippen molar-refractivity contribution < 1.29 is 5.11 Å². The van der Waals surface area contributed by atoms with Crippen molar-refractivity contribution in [3.05, 3.63) is 0 Å². The summed E-state index contributed by atoms with van der Waals surface area (Å²) in [6.07, 6.45) is 7.57. The van der Waals surface area contributed by atoms with E-state index in [9.17, 15) is 10.4 Å². The van der Waals surface area contributed by atoms with Gasteiger partial charge in [0.05, 0.1) is 17.1 Å². The summed E-state index contributed by atoms with van der Waals surface area (Å²) in [6, 6.07) is 2.46. The molecule has 2 heteroatoms. The molecule has 0 aromatic carbocycles. The summed E-state index contributed by atoms with van der Waals surface area (Å²) >= 11 is 0. The lowest BCUT2D eigenvalue weighted by molar-refractivity contribution is -0.0871. The van der Waals surface area contributed by atoms with E-state index in [-0.39, 0.29) is 5.92 Å². The maximum atomic E-state index is 10.7. The highest BCUT2D eigenvalue weighted by Crippen LogP contribution is 2.45. The number of rotatable bonds is 2. The molecule has 16 heavy (non-hydrogen) atoms. The topological polar surface area (TPSA) is 44.0 Å². The molecule has 0 saturated heterocycles. The molecular formula is C14H25NO. The minimum absolute atomic E-state index is 0.131. The Balaban J connectivity index is 2.93. The fraction of sp³-hybridized carbons (Fsp3) is 0.929. The molecule has 2 nitrogen and oxygen atoms in total. The molecule has 0 bridgehead atoms. The van der Waals surface area contributed by atoms with Gasteiger partial charge >= 0.3 is 0 Å². The number of hydrogen-bond acceptors (Lipinski definition) is 2. The molecule has 0 heterocycles. The summed E-state index contributed by atoms with van der Waals surface area (Å²) in [5, 5.41) is 20.2. The van der Waals surface area contributed by atoms with Gasteiger partial charge < -0.3 is 5.11 Å². The van der Waals surface area contributed by atoms with Crippen LogP contribution in [-0.4, -0.2) is 10.7 Å². The van der Waals surface area contributed by atoms with Crippen molar-refractivity contribution in [1.29, 1.82) is 5.26 Å². The predicted molar refractivity (Wildman–Crippen MR) is 65.8 cm³/mol. The lowest BCUT2D eigenvalue weighted by Crippen LogP contribution is -2.49. The van der Waals surface area contributed by atoms with E-state index < -0.39 is 11.0 Å². The molecule has 0 spiro atoms. The van der Waals surface area contributed by atoms with E-state index >= 15 is 0 Å². The maximum absolute atomic E-state index is 10.7. The van der Waals surface area contributed by atoms with Gasteiger partial charge in [-0.3, -0.25) is 0 Å². The molecule has 0 radical (unpaired) electrons. The second kappa shape index (κ2) is 5.19. The molecule has 0 aromatic heterocycles. The fourth-order valence-electron chi connectivity index (χ4n) is 2.79. The Labute approximate surface area is 99.7 Å². The van der Waals surface area contributed by atoms with Crippen molar-refractivity contribution in [2.75, 3.05) is 0 Å². The van der Waals surface area contributed by atoms with Crippen LogP contribution in [0.25, 0.3) is 0 Å². The van der Waals surface area contributed by atoms with E-state index in [1.807, 2.05) is 20.8 Å². The Morgan fingerprint density at radius 3 is 1.94 bits per heavy atom. The first kappa shape index (κ1) is 13.5. The van der Waals surface area contributed by atoms with Crippen LogP contribution in [0.2, 0.25) is 0 Å². The predicted octanol–water partition coefficient (Wildman–Crippen LogP) is 3.65. The van der Waals surface area contributed by atoms with Crippen molar-refractivity contribution in [2.24, 2.45) is 11.3 Å². The van der Waals surface area contributed by atoms with Gasteiger partial charge in [-0.2, -0.15) is 5.26 Å². The third-order valence-corrected chi connectivity index (χ3v) is 4.51. The molecule has 1 fully saturated rings. The van der Waals surface area contributed by atoms with Crippen molar-refractivity contribution in [3.63, 3.8) is 0 Å². The summed E-state index contributed by atoms with van der Waals surface area (Å²) in [6.45, 7) is 5.87. The molecule has 1 aliphatic rings. The quantitative estimate of drug-likeness (QED) is 0.776. The van der Waals surface area contributed by atoms with E-state index in [0.717, 1.165) is 25.7 Å². The molecule has 92 valence electrons. The van der Waals surface area contributed by atoms with Crippen molar-refractivity contribution in [1.82, 2.24) is 0 Å². The molecule has 1 atom stereocenters. The van der Waals surface area contributed by atoms with Gasteiger partial charge in [0.2, 0.25) is 0 Å². The normalized spacial score (nSPS) is 25.2. The molecule has 1 unspecified atom stereocenters. The average Bonchev–Trinajstić information content (AvgIpc) is 2.17. The smallest absolute Gasteiger partial charge is 0.0860 e. The lowest BCUT2D eigenvalue weighted by atomic mass is 9.62. The van der Waals surface area contributed by atoms with Gasteiger partial charge in [0.1, 0.15) is 0 Å². The van der Waals surface area contributed by atoms with E-state index in [1.54, 1.807) is 0 Å². The number of nitrogens with zero attached hydrogens (tertiary/aromatic N) is 1. The summed E-state index contributed by atoms with van der Waals surface area (Å²) in [7, 11) is 0. The standard InChI is InChI=1S/C14H25NO/c1-12(2)13(3,16)14(11-15)9-7-5-4-6-8-10-14/h12,16H,4-10H2,1-3H3. The minimum Gasteiger partial charge on any atom is -0.388 e. The molecule has 1 N–H and O–H groups in total. The van der Waals surface area contributed by atoms with Crippen LogP contribution in [0.4, 0.5) is 0 Å². The van der Waals surface area contributed by atoms with Crippen LogP contribution >= 0.6 is 0 Å². The third-order valence-electron chi connectivity index (χ3n) is 4.51. The van der Waals surface area contributed by atoms with Gasteiger partial charge in [0, 0.05) is 0 Å². The Morgan fingerprint density at radius 2 is 1.56 bits per heavy atom. The van der Waals surface area contributed by atoms with Gasteiger partial charge in [0.25, 0.3) is 0 Å². The number of nitriles is 1. The first-order valence-electron chi connectivity index (χ1n) is 6.60. The van der Waals surface area contributed by atoms with Gasteiger partial charge in [0.15, 0.2) is 0 Å². The second-order valence-electron chi connectivity index (χ2n) is 5.76. The molecule has 1 saturated carbocycles. The molecule has 1 rings (SSSR count). The van der Waals surface area contributed by atoms with Crippen LogP contribution in [0.1, 0.15) is 65.7 Å². The zero-order valence-electron chi connectivity index (χ0n) is 10.9. The van der Waals surface area contributed by atoms with Crippen LogP contribution in [-0.2, 0) is 0 Å². The third kappa shape index (κ3) is 2.40. The van der Waals surface area contributed by atoms with Crippen molar-refractivity contribution in [2.45, 2.75) is 71.3 Å². The fourth-order valence-corrected chi connectivity index (χ4v) is 2.79. The molecule has 0 amide bonds. The Kier molecular flexibility index (Phi) is 4.38. The van der Waals surface area contributed by atoms with Crippen molar-refractivity contribution >= 4 is 0 Å². The lowest BCUT2D eigenvalue weighted by Gasteiger charge is -2.44. The average molecular weight is 223 g/mol. The van der Waals surface area contributed by atoms with Crippen LogP contribution < -0.4 is 0 Å². The van der Waals surface area contributed by atoms with Crippen molar-refractivity contribution in [3.8, 4) is 6.07 Å². The maximum Gasteiger partial charge on any atom is 0.0860 e. The Morgan fingerprint density at radius 1 is 1.12 bits per heavy atom. The molecule has 1 aliphatic carbocycles. The summed E-state index contributed by atoms with van der Waals surface area (Å²) in [5.41, 5.74) is -1.39. The largest absolute Gasteiger partial charge is 0.388 e. The van der Waals surface area contributed by atoms with E-state index in [0.29, 0.717) is 0 Å². The molecular weight excluding hydrogens is 198 g/mol. The van der Waals surface area contributed by atoms with Crippen LogP contribution in [0.15, 0.2) is 0 Å². The molecule has 0 aliphatic heterocycles. The number of aliphatic hydroxyl groups is 1. The van der Waals surface area contributed by atoms with Crippen LogP contribution in [0.3, 0.4) is 0 Å². The van der Waals surface area contributed by atoms with Gasteiger partial charge in [-0.15, -0.1) is 0 Å². The van der Waals surface area contributed by atoms with E-state index in [4.69, 9.17) is 0 Å². The van der Waals surface area contributed by atoms with Crippen LogP contribution in [0.5, 0.6) is 0 Å². The highest BCUT2D eigenvalue weighted by atomic mass is 16.3. The Hall–Kier alpha value is -0.550. The van der Waals surface area contributed by atoms with Crippen LogP contribution in [0, 0.1) is 22.7 Å². The molecule has 0 aromatic rings. The zero-order valence-corrected chi connectivity index (χ0v) is 10.9. The SMILES string of the molecule is CC(C)C(C)(O)C1(C#N)CCCCCCC1. The van der Waals surface area contributed by atoms with E-state index in [1.165, 1.54) is 19.3 Å². The minimum atomic E-state index is -0.862. The van der Waals surface area contributed by atoms with Gasteiger partial charge in [-0.1, -0.05) is 46.0 Å². The second-order valence-corrected chi connectivity index (χ2v) is 5.76. The summed E-state index contributed by atoms with van der Waals surface area (Å²) in [5.74, 6) is 0.131. The zero-order chi connectivity index (χ0) is 12.2. The van der Waals surface area contributed by atoms with E-state index in [2.05, 4.69) is 6.07 Å². The Bertz CT molecular complexity index is 254. The first-order valence-corrected chi connectivity index (χ1v) is 6.60. The number of hydrogen-bond donors (Lipinski definition) is 1. The monoisotopic (exact) mass is 223 g/mol. The first-order chi connectivity index (χ1) is 7.46. The summed E-state index contributed by atoms with van der Waals surface area (Å²) in [4.78, 5) is 0. The van der Waals surface area contributed by atoms with Gasteiger partial charge in [-0.25, -0.2) is 0 Å².